The molecule has 7 heteroatoms. The molecule has 146 valence electrons. The van der Waals surface area contributed by atoms with Crippen LogP contribution in [-0.2, 0) is 11.3 Å². The number of likely N-dealkylation sites (tertiary alicyclic amines) is 1. The monoisotopic (exact) mass is 380 g/mol. The minimum atomic E-state index is -0.478. The highest BCUT2D eigenvalue weighted by molar-refractivity contribution is 5.92. The summed E-state index contributed by atoms with van der Waals surface area (Å²) in [5.74, 6) is 0.753. The molecule has 1 aromatic carbocycles. The lowest BCUT2D eigenvalue weighted by atomic mass is 9.90. The Morgan fingerprint density at radius 2 is 1.82 bits per heavy atom. The summed E-state index contributed by atoms with van der Waals surface area (Å²) in [5, 5.41) is 0. The van der Waals surface area contributed by atoms with Gasteiger partial charge in [-0.05, 0) is 13.0 Å². The van der Waals surface area contributed by atoms with Crippen molar-refractivity contribution in [1.29, 1.82) is 0 Å². The Balaban J connectivity index is 1.52. The number of benzene rings is 1. The molecule has 2 aliphatic heterocycles. The first-order valence-electron chi connectivity index (χ1n) is 9.56. The van der Waals surface area contributed by atoms with Gasteiger partial charge in [-0.25, -0.2) is 4.98 Å². The summed E-state index contributed by atoms with van der Waals surface area (Å²) in [6.45, 7) is 5.63. The number of fused-ring (bicyclic) bond motifs is 1. The number of aromatic nitrogens is 2. The van der Waals surface area contributed by atoms with E-state index in [1.807, 2.05) is 36.1 Å². The molecule has 0 N–H and O–H groups in total. The van der Waals surface area contributed by atoms with Crippen molar-refractivity contribution < 1.29 is 14.3 Å². The van der Waals surface area contributed by atoms with Crippen LogP contribution in [0, 0.1) is 6.92 Å². The lowest BCUT2D eigenvalue weighted by molar-refractivity contribution is -0.132. The van der Waals surface area contributed by atoms with Crippen molar-refractivity contribution in [3.8, 4) is 5.75 Å². The molecule has 2 aliphatic rings. The molecule has 7 nitrogen and oxygen atoms in total. The van der Waals surface area contributed by atoms with Gasteiger partial charge in [0.1, 0.15) is 17.0 Å². The standard InChI is InChI=1S/C21H24N4O3/c1-15-11-23-18(12-22-15)20(27)24-9-7-21(8-10-24)14-25(16(2)26)13-17-5-3-4-6-19(17)28-21/h3-6,11-12H,7-10,13-14H2,1-2H3. The van der Waals surface area contributed by atoms with E-state index in [-0.39, 0.29) is 11.8 Å². The van der Waals surface area contributed by atoms with Crippen LogP contribution in [0.5, 0.6) is 5.75 Å². The molecular weight excluding hydrogens is 356 g/mol. The number of carbonyl (C=O) groups is 2. The number of nitrogens with zero attached hydrogens (tertiary/aromatic N) is 4. The fourth-order valence-electron chi connectivity index (χ4n) is 3.87. The minimum Gasteiger partial charge on any atom is -0.485 e. The van der Waals surface area contributed by atoms with Crippen LogP contribution in [0.3, 0.4) is 0 Å². The number of piperidine rings is 1. The fraction of sp³-hybridized carbons (Fsp3) is 0.429. The van der Waals surface area contributed by atoms with Crippen molar-refractivity contribution in [2.24, 2.45) is 0 Å². The predicted octanol–water partition coefficient (Wildman–Crippen LogP) is 2.20. The molecule has 1 saturated heterocycles. The molecule has 0 unspecified atom stereocenters. The molecule has 2 amide bonds. The van der Waals surface area contributed by atoms with Crippen molar-refractivity contribution in [1.82, 2.24) is 19.8 Å². The highest BCUT2D eigenvalue weighted by Crippen LogP contribution is 2.35. The molecule has 0 atom stereocenters. The minimum absolute atomic E-state index is 0.0353. The molecule has 4 rings (SSSR count). The molecule has 0 aliphatic carbocycles. The zero-order valence-corrected chi connectivity index (χ0v) is 16.2. The van der Waals surface area contributed by atoms with Crippen LogP contribution in [0.25, 0.3) is 0 Å². The predicted molar refractivity (Wildman–Crippen MR) is 103 cm³/mol. The van der Waals surface area contributed by atoms with E-state index in [1.165, 1.54) is 6.20 Å². The van der Waals surface area contributed by atoms with Gasteiger partial charge < -0.3 is 14.5 Å². The zero-order chi connectivity index (χ0) is 19.7. The number of aryl methyl sites for hydroxylation is 1. The second kappa shape index (κ2) is 7.22. The Morgan fingerprint density at radius 3 is 2.50 bits per heavy atom. The quantitative estimate of drug-likeness (QED) is 0.758. The first-order chi connectivity index (χ1) is 13.5. The first-order valence-corrected chi connectivity index (χ1v) is 9.56. The van der Waals surface area contributed by atoms with Crippen LogP contribution in [0.1, 0.15) is 41.5 Å². The third kappa shape index (κ3) is 3.56. The third-order valence-corrected chi connectivity index (χ3v) is 5.55. The van der Waals surface area contributed by atoms with Crippen LogP contribution in [-0.4, -0.2) is 56.8 Å². The van der Waals surface area contributed by atoms with Gasteiger partial charge >= 0.3 is 0 Å². The number of para-hydroxylation sites is 1. The first kappa shape index (κ1) is 18.4. The largest absolute Gasteiger partial charge is 0.485 e. The summed E-state index contributed by atoms with van der Waals surface area (Å²) in [6.07, 6.45) is 4.46. The Hall–Kier alpha value is -2.96. The molecule has 28 heavy (non-hydrogen) atoms. The maximum Gasteiger partial charge on any atom is 0.274 e. The summed E-state index contributed by atoms with van der Waals surface area (Å²) in [4.78, 5) is 36.9. The van der Waals surface area contributed by atoms with E-state index < -0.39 is 5.60 Å². The van der Waals surface area contributed by atoms with Gasteiger partial charge in [-0.2, -0.15) is 0 Å². The van der Waals surface area contributed by atoms with E-state index in [0.717, 1.165) is 17.0 Å². The average molecular weight is 380 g/mol. The van der Waals surface area contributed by atoms with Crippen molar-refractivity contribution in [2.45, 2.75) is 38.8 Å². The number of rotatable bonds is 1. The van der Waals surface area contributed by atoms with Crippen LogP contribution in [0.4, 0.5) is 0 Å². The number of amides is 2. The number of hydrogen-bond acceptors (Lipinski definition) is 5. The highest BCUT2D eigenvalue weighted by Gasteiger charge is 2.42. The second-order valence-corrected chi connectivity index (χ2v) is 7.60. The summed E-state index contributed by atoms with van der Waals surface area (Å²) in [7, 11) is 0. The maximum absolute atomic E-state index is 12.7. The zero-order valence-electron chi connectivity index (χ0n) is 16.2. The maximum atomic E-state index is 12.7. The van der Waals surface area contributed by atoms with E-state index >= 15 is 0 Å². The van der Waals surface area contributed by atoms with Gasteiger partial charge in [-0.1, -0.05) is 18.2 Å². The lowest BCUT2D eigenvalue weighted by Gasteiger charge is -2.42. The SMILES string of the molecule is CC(=O)N1Cc2ccccc2OC2(CCN(C(=O)c3cnc(C)cn3)CC2)C1. The molecular formula is C21H24N4O3. The van der Waals surface area contributed by atoms with Crippen LogP contribution >= 0.6 is 0 Å². The van der Waals surface area contributed by atoms with Crippen molar-refractivity contribution >= 4 is 11.8 Å². The lowest BCUT2D eigenvalue weighted by Crippen LogP contribution is -2.55. The van der Waals surface area contributed by atoms with E-state index in [1.54, 1.807) is 18.0 Å². The Morgan fingerprint density at radius 1 is 1.07 bits per heavy atom. The third-order valence-electron chi connectivity index (χ3n) is 5.55. The van der Waals surface area contributed by atoms with Gasteiger partial charge in [-0.15, -0.1) is 0 Å². The van der Waals surface area contributed by atoms with Gasteiger partial charge in [0.25, 0.3) is 5.91 Å². The van der Waals surface area contributed by atoms with E-state index in [0.29, 0.717) is 44.7 Å². The molecule has 2 aromatic rings. The molecule has 1 aromatic heterocycles. The number of ether oxygens (including phenoxy) is 1. The van der Waals surface area contributed by atoms with Gasteiger partial charge in [0.2, 0.25) is 5.91 Å². The van der Waals surface area contributed by atoms with Crippen LogP contribution < -0.4 is 4.74 Å². The number of carbonyl (C=O) groups excluding carboxylic acids is 2. The van der Waals surface area contributed by atoms with Crippen molar-refractivity contribution in [3.05, 3.63) is 53.6 Å². The fourth-order valence-corrected chi connectivity index (χ4v) is 3.87. The summed E-state index contributed by atoms with van der Waals surface area (Å²) in [5.41, 5.74) is 1.68. The van der Waals surface area contributed by atoms with Crippen LogP contribution in [0.2, 0.25) is 0 Å². The van der Waals surface area contributed by atoms with E-state index in [4.69, 9.17) is 4.74 Å². The topological polar surface area (TPSA) is 75.6 Å². The molecule has 0 saturated carbocycles. The van der Waals surface area contributed by atoms with Crippen molar-refractivity contribution in [3.63, 3.8) is 0 Å². The Kier molecular flexibility index (Phi) is 4.75. The van der Waals surface area contributed by atoms with Gasteiger partial charge in [0.05, 0.1) is 18.4 Å². The van der Waals surface area contributed by atoms with Crippen LogP contribution in [0.15, 0.2) is 36.7 Å². The summed E-state index contributed by atoms with van der Waals surface area (Å²) in [6, 6.07) is 7.87. The second-order valence-electron chi connectivity index (χ2n) is 7.60. The molecule has 0 bridgehead atoms. The number of hydrogen-bond donors (Lipinski definition) is 0. The van der Waals surface area contributed by atoms with Gasteiger partial charge in [0.15, 0.2) is 0 Å². The molecule has 1 fully saturated rings. The highest BCUT2D eigenvalue weighted by atomic mass is 16.5. The average Bonchev–Trinajstić information content (AvgIpc) is 2.85. The van der Waals surface area contributed by atoms with E-state index in [2.05, 4.69) is 9.97 Å². The molecule has 1 spiro atoms. The summed E-state index contributed by atoms with van der Waals surface area (Å²) >= 11 is 0. The Labute approximate surface area is 164 Å². The molecule has 3 heterocycles. The Bertz CT molecular complexity index is 889. The van der Waals surface area contributed by atoms with E-state index in [9.17, 15) is 9.59 Å². The van der Waals surface area contributed by atoms with Gasteiger partial charge in [0, 0.05) is 51.2 Å². The smallest absolute Gasteiger partial charge is 0.274 e. The normalized spacial score (nSPS) is 18.2. The van der Waals surface area contributed by atoms with Gasteiger partial charge in [-0.3, -0.25) is 14.6 Å². The molecule has 0 radical (unpaired) electrons. The van der Waals surface area contributed by atoms with Crippen molar-refractivity contribution in [2.75, 3.05) is 19.6 Å². The summed E-state index contributed by atoms with van der Waals surface area (Å²) < 4.78 is 6.46.